The Morgan fingerprint density at radius 1 is 1.21 bits per heavy atom. The summed E-state index contributed by atoms with van der Waals surface area (Å²) in [5.41, 5.74) is -0.678. The molecule has 1 unspecified atom stereocenters. The summed E-state index contributed by atoms with van der Waals surface area (Å²) in [6, 6.07) is -0.398. The number of carbonyl (C=O) groups excluding carboxylic acids is 1. The zero-order valence-electron chi connectivity index (χ0n) is 14.4. The number of amides is 2. The molecule has 2 amide bonds. The second kappa shape index (κ2) is 8.72. The van der Waals surface area contributed by atoms with Crippen molar-refractivity contribution in [1.29, 1.82) is 0 Å². The van der Waals surface area contributed by atoms with Crippen LogP contribution in [0.1, 0.15) is 27.2 Å². The van der Waals surface area contributed by atoms with E-state index in [2.05, 4.69) is 5.32 Å². The third-order valence-corrected chi connectivity index (χ3v) is 4.05. The number of nitrogens with one attached hydrogen (secondary N) is 1. The summed E-state index contributed by atoms with van der Waals surface area (Å²) in [5, 5.41) is 21.4. The minimum atomic E-state index is -1.04. The van der Waals surface area contributed by atoms with Crippen molar-refractivity contribution in [1.82, 2.24) is 15.1 Å². The van der Waals surface area contributed by atoms with Crippen LogP contribution in [-0.2, 0) is 9.53 Å². The number of carboxylic acid groups (broad SMARTS) is 2. The van der Waals surface area contributed by atoms with Crippen LogP contribution in [0.15, 0.2) is 0 Å². The summed E-state index contributed by atoms with van der Waals surface area (Å²) in [6.45, 7) is 7.00. The van der Waals surface area contributed by atoms with Crippen molar-refractivity contribution in [3.05, 3.63) is 0 Å². The van der Waals surface area contributed by atoms with E-state index in [-0.39, 0.29) is 25.6 Å². The van der Waals surface area contributed by atoms with Crippen LogP contribution in [0, 0.1) is 5.41 Å². The third-order valence-electron chi connectivity index (χ3n) is 4.05. The molecule has 9 heteroatoms. The van der Waals surface area contributed by atoms with E-state index >= 15 is 0 Å². The number of carbonyl (C=O) groups is 3. The molecule has 0 aromatic heterocycles. The minimum absolute atomic E-state index is 0.157. The Labute approximate surface area is 141 Å². The fraction of sp³-hybridized carbons (Fsp3) is 0.800. The molecule has 1 aliphatic rings. The van der Waals surface area contributed by atoms with E-state index in [0.29, 0.717) is 26.1 Å². The van der Waals surface area contributed by atoms with Crippen molar-refractivity contribution >= 4 is 18.2 Å². The first-order chi connectivity index (χ1) is 11.2. The Kier molecular flexibility index (Phi) is 7.27. The van der Waals surface area contributed by atoms with Crippen LogP contribution in [-0.4, -0.2) is 83.5 Å². The monoisotopic (exact) mass is 345 g/mol. The van der Waals surface area contributed by atoms with Gasteiger partial charge in [-0.15, -0.1) is 0 Å². The van der Waals surface area contributed by atoms with Gasteiger partial charge >= 0.3 is 18.2 Å². The third kappa shape index (κ3) is 5.55. The first-order valence-electron chi connectivity index (χ1n) is 8.04. The molecule has 0 spiro atoms. The van der Waals surface area contributed by atoms with E-state index in [0.717, 1.165) is 0 Å². The van der Waals surface area contributed by atoms with Crippen LogP contribution >= 0.6 is 0 Å². The Morgan fingerprint density at radius 2 is 1.88 bits per heavy atom. The van der Waals surface area contributed by atoms with Gasteiger partial charge in [-0.05, 0) is 33.7 Å². The van der Waals surface area contributed by atoms with Gasteiger partial charge in [0, 0.05) is 26.2 Å². The minimum Gasteiger partial charge on any atom is -0.466 e. The Morgan fingerprint density at radius 3 is 2.42 bits per heavy atom. The van der Waals surface area contributed by atoms with Crippen LogP contribution in [0.25, 0.3) is 0 Å². The lowest BCUT2D eigenvalue weighted by Crippen LogP contribution is -2.56. The molecule has 1 atom stereocenters. The fourth-order valence-corrected chi connectivity index (χ4v) is 2.60. The molecule has 1 aliphatic heterocycles. The van der Waals surface area contributed by atoms with Gasteiger partial charge in [-0.25, -0.2) is 9.59 Å². The number of piperazine rings is 1. The number of ether oxygens (including phenoxy) is 1. The molecule has 0 bridgehead atoms. The van der Waals surface area contributed by atoms with Crippen LogP contribution < -0.4 is 5.32 Å². The van der Waals surface area contributed by atoms with E-state index in [1.165, 1.54) is 9.80 Å². The second-order valence-electron chi connectivity index (χ2n) is 6.43. The van der Waals surface area contributed by atoms with Gasteiger partial charge in [0.15, 0.2) is 0 Å². The van der Waals surface area contributed by atoms with E-state index < -0.39 is 23.6 Å². The SMILES string of the molecule is CCOC(=O)C(C)(C)CNCCC1CN(C(=O)O)CCN1C(=O)O. The average molecular weight is 345 g/mol. The molecule has 0 radical (unpaired) electrons. The summed E-state index contributed by atoms with van der Waals surface area (Å²) >= 11 is 0. The van der Waals surface area contributed by atoms with Crippen molar-refractivity contribution in [2.24, 2.45) is 5.41 Å². The normalized spacial score (nSPS) is 18.4. The van der Waals surface area contributed by atoms with Gasteiger partial charge in [0.2, 0.25) is 0 Å². The van der Waals surface area contributed by atoms with E-state index in [1.807, 2.05) is 0 Å². The van der Waals surface area contributed by atoms with E-state index in [9.17, 15) is 19.5 Å². The topological polar surface area (TPSA) is 119 Å². The molecule has 3 N–H and O–H groups in total. The molecule has 0 saturated carbocycles. The molecular weight excluding hydrogens is 318 g/mol. The molecule has 24 heavy (non-hydrogen) atoms. The van der Waals surface area contributed by atoms with Gasteiger partial charge in [0.25, 0.3) is 0 Å². The van der Waals surface area contributed by atoms with Crippen molar-refractivity contribution in [3.63, 3.8) is 0 Å². The smallest absolute Gasteiger partial charge is 0.407 e. The second-order valence-corrected chi connectivity index (χ2v) is 6.43. The average Bonchev–Trinajstić information content (AvgIpc) is 2.51. The highest BCUT2D eigenvalue weighted by Crippen LogP contribution is 2.17. The Balaban J connectivity index is 2.49. The lowest BCUT2D eigenvalue weighted by molar-refractivity contribution is -0.153. The number of hydrogen-bond donors (Lipinski definition) is 3. The lowest BCUT2D eigenvalue weighted by Gasteiger charge is -2.38. The fourth-order valence-electron chi connectivity index (χ4n) is 2.60. The molecule has 0 aliphatic carbocycles. The molecule has 1 fully saturated rings. The number of esters is 1. The van der Waals surface area contributed by atoms with Crippen molar-refractivity contribution in [3.8, 4) is 0 Å². The maximum Gasteiger partial charge on any atom is 0.407 e. The standard InChI is InChI=1S/C15H27N3O6/c1-4-24-12(19)15(2,3)10-16-6-5-11-9-17(13(20)21)7-8-18(11)14(22)23/h11,16H,4-10H2,1-3H3,(H,20,21)(H,22,23). The predicted octanol–water partition coefficient (Wildman–Crippen LogP) is 0.898. The Hall–Kier alpha value is -2.03. The summed E-state index contributed by atoms with van der Waals surface area (Å²) in [4.78, 5) is 36.6. The van der Waals surface area contributed by atoms with Crippen LogP contribution in [0.3, 0.4) is 0 Å². The van der Waals surface area contributed by atoms with Gasteiger partial charge < -0.3 is 30.1 Å². The molecule has 0 aromatic carbocycles. The van der Waals surface area contributed by atoms with Crippen LogP contribution in [0.2, 0.25) is 0 Å². The van der Waals surface area contributed by atoms with E-state index in [4.69, 9.17) is 9.84 Å². The van der Waals surface area contributed by atoms with Crippen LogP contribution in [0.5, 0.6) is 0 Å². The molecule has 1 rings (SSSR count). The Bertz CT molecular complexity index is 468. The highest BCUT2D eigenvalue weighted by molar-refractivity contribution is 5.76. The lowest BCUT2D eigenvalue weighted by atomic mass is 9.93. The molecule has 0 aromatic rings. The summed E-state index contributed by atoms with van der Waals surface area (Å²) in [5.74, 6) is -0.292. The van der Waals surface area contributed by atoms with E-state index in [1.54, 1.807) is 20.8 Å². The molecule has 9 nitrogen and oxygen atoms in total. The van der Waals surface area contributed by atoms with Crippen molar-refractivity contribution in [2.45, 2.75) is 33.2 Å². The summed E-state index contributed by atoms with van der Waals surface area (Å²) in [6.07, 6.45) is -1.62. The first kappa shape index (κ1) is 20.0. The maximum atomic E-state index is 11.8. The largest absolute Gasteiger partial charge is 0.466 e. The zero-order valence-corrected chi connectivity index (χ0v) is 14.4. The molecule has 138 valence electrons. The number of rotatable bonds is 7. The van der Waals surface area contributed by atoms with Crippen molar-refractivity contribution in [2.75, 3.05) is 39.3 Å². The summed E-state index contributed by atoms with van der Waals surface area (Å²) < 4.78 is 5.01. The molecule has 1 heterocycles. The van der Waals surface area contributed by atoms with Gasteiger partial charge in [0.05, 0.1) is 18.1 Å². The first-order valence-corrected chi connectivity index (χ1v) is 8.04. The number of nitrogens with zero attached hydrogens (tertiary/aromatic N) is 2. The number of hydrogen-bond acceptors (Lipinski definition) is 5. The van der Waals surface area contributed by atoms with Gasteiger partial charge in [-0.3, -0.25) is 4.79 Å². The molecular formula is C15H27N3O6. The maximum absolute atomic E-state index is 11.8. The highest BCUT2D eigenvalue weighted by Gasteiger charge is 2.32. The van der Waals surface area contributed by atoms with Crippen molar-refractivity contribution < 1.29 is 29.3 Å². The quantitative estimate of drug-likeness (QED) is 0.463. The highest BCUT2D eigenvalue weighted by atomic mass is 16.5. The van der Waals surface area contributed by atoms with Crippen LogP contribution in [0.4, 0.5) is 9.59 Å². The zero-order chi connectivity index (χ0) is 18.3. The predicted molar refractivity (Wildman–Crippen MR) is 86.0 cm³/mol. The molecule has 1 saturated heterocycles. The van der Waals surface area contributed by atoms with Gasteiger partial charge in [0.1, 0.15) is 0 Å². The van der Waals surface area contributed by atoms with Gasteiger partial charge in [-0.1, -0.05) is 0 Å². The summed E-state index contributed by atoms with van der Waals surface area (Å²) in [7, 11) is 0. The van der Waals surface area contributed by atoms with Gasteiger partial charge in [-0.2, -0.15) is 0 Å².